The molecule has 2 atom stereocenters. The van der Waals surface area contributed by atoms with E-state index in [1.807, 2.05) is 30.3 Å². The first-order valence-corrected chi connectivity index (χ1v) is 4.81. The van der Waals surface area contributed by atoms with E-state index in [1.165, 1.54) is 0 Å². The summed E-state index contributed by atoms with van der Waals surface area (Å²) in [6.45, 7) is 0. The highest BCUT2D eigenvalue weighted by Gasteiger charge is 2.03. The van der Waals surface area contributed by atoms with Gasteiger partial charge in [-0.25, -0.2) is 0 Å². The van der Waals surface area contributed by atoms with Gasteiger partial charge >= 0.3 is 0 Å². The lowest BCUT2D eigenvalue weighted by Crippen LogP contribution is -2.17. The predicted molar refractivity (Wildman–Crippen MR) is 47.2 cm³/mol. The average molecular weight is 184 g/mol. The summed E-state index contributed by atoms with van der Waals surface area (Å²) in [7, 11) is 0. The summed E-state index contributed by atoms with van der Waals surface area (Å²) >= 11 is -2.07. The predicted octanol–water partition coefficient (Wildman–Crippen LogP) is 0.566. The minimum absolute atomic E-state index is 0.0238. The van der Waals surface area contributed by atoms with Crippen molar-refractivity contribution < 1.29 is 8.76 Å². The molecule has 0 aliphatic heterocycles. The maximum absolute atomic E-state index is 10.3. The molecule has 3 nitrogen and oxygen atoms in total. The van der Waals surface area contributed by atoms with E-state index in [4.69, 9.17) is 5.73 Å². The molecule has 66 valence electrons. The molecule has 1 aromatic rings. The van der Waals surface area contributed by atoms with Gasteiger partial charge in [-0.2, -0.15) is 0 Å². The van der Waals surface area contributed by atoms with E-state index in [0.29, 0.717) is 0 Å². The largest absolute Gasteiger partial charge is 0.772 e. The number of rotatable bonds is 3. The Morgan fingerprint density at radius 1 is 1.42 bits per heavy atom. The molecule has 1 aromatic carbocycles. The Morgan fingerprint density at radius 2 is 2.00 bits per heavy atom. The molecule has 1 rings (SSSR count). The van der Waals surface area contributed by atoms with Crippen LogP contribution in [-0.4, -0.2) is 14.5 Å². The zero-order valence-electron chi connectivity index (χ0n) is 6.47. The van der Waals surface area contributed by atoms with Crippen molar-refractivity contribution in [3.63, 3.8) is 0 Å². The van der Waals surface area contributed by atoms with Crippen molar-refractivity contribution in [2.24, 2.45) is 5.73 Å². The molecule has 12 heavy (non-hydrogen) atoms. The molecule has 0 heterocycles. The van der Waals surface area contributed by atoms with E-state index in [2.05, 4.69) is 0 Å². The van der Waals surface area contributed by atoms with Crippen molar-refractivity contribution in [1.29, 1.82) is 0 Å². The van der Waals surface area contributed by atoms with Gasteiger partial charge in [-0.3, -0.25) is 4.21 Å². The third-order valence-electron chi connectivity index (χ3n) is 1.54. The second-order valence-corrected chi connectivity index (χ2v) is 3.43. The van der Waals surface area contributed by atoms with Crippen molar-refractivity contribution in [2.75, 3.05) is 5.75 Å². The summed E-state index contributed by atoms with van der Waals surface area (Å²) in [5, 5.41) is 0. The second-order valence-electron chi connectivity index (χ2n) is 2.49. The minimum Gasteiger partial charge on any atom is -0.772 e. The van der Waals surface area contributed by atoms with Crippen molar-refractivity contribution in [1.82, 2.24) is 0 Å². The maximum atomic E-state index is 10.3. The quantitative estimate of drug-likeness (QED) is 0.698. The zero-order chi connectivity index (χ0) is 8.97. The second kappa shape index (κ2) is 4.35. The van der Waals surface area contributed by atoms with Crippen LogP contribution in [0.25, 0.3) is 0 Å². The lowest BCUT2D eigenvalue weighted by Gasteiger charge is -2.13. The van der Waals surface area contributed by atoms with Gasteiger partial charge in [-0.1, -0.05) is 41.4 Å². The molecule has 0 amide bonds. The molecular weight excluding hydrogens is 174 g/mol. The molecular formula is C8H10NO2S-. The van der Waals surface area contributed by atoms with Crippen LogP contribution in [-0.2, 0) is 11.1 Å². The van der Waals surface area contributed by atoms with Gasteiger partial charge in [0.2, 0.25) is 0 Å². The highest BCUT2D eigenvalue weighted by molar-refractivity contribution is 7.79. The van der Waals surface area contributed by atoms with Gasteiger partial charge < -0.3 is 10.3 Å². The average Bonchev–Trinajstić information content (AvgIpc) is 2.05. The summed E-state index contributed by atoms with van der Waals surface area (Å²) < 4.78 is 20.6. The Kier molecular flexibility index (Phi) is 3.40. The summed E-state index contributed by atoms with van der Waals surface area (Å²) in [5.74, 6) is -0.0238. The van der Waals surface area contributed by atoms with Crippen LogP contribution in [0.3, 0.4) is 0 Å². The summed E-state index contributed by atoms with van der Waals surface area (Å²) in [6, 6.07) is 8.76. The smallest absolute Gasteiger partial charge is 0.0400 e. The van der Waals surface area contributed by atoms with Crippen LogP contribution >= 0.6 is 0 Å². The van der Waals surface area contributed by atoms with Gasteiger partial charge in [0.1, 0.15) is 0 Å². The summed E-state index contributed by atoms with van der Waals surface area (Å²) in [6.07, 6.45) is 0. The number of benzene rings is 1. The van der Waals surface area contributed by atoms with Crippen molar-refractivity contribution in [3.8, 4) is 0 Å². The number of nitrogens with two attached hydrogens (primary N) is 1. The minimum atomic E-state index is -2.07. The maximum Gasteiger partial charge on any atom is 0.0400 e. The molecule has 0 fully saturated rings. The van der Waals surface area contributed by atoms with E-state index in [0.717, 1.165) is 5.56 Å². The van der Waals surface area contributed by atoms with E-state index in [1.54, 1.807) is 0 Å². The first-order chi connectivity index (χ1) is 5.70. The van der Waals surface area contributed by atoms with E-state index in [-0.39, 0.29) is 5.75 Å². The molecule has 2 N–H and O–H groups in total. The number of hydrogen-bond acceptors (Lipinski definition) is 3. The molecule has 0 saturated carbocycles. The van der Waals surface area contributed by atoms with Gasteiger partial charge in [0.05, 0.1) is 0 Å². The fourth-order valence-electron chi connectivity index (χ4n) is 0.943. The van der Waals surface area contributed by atoms with Crippen LogP contribution in [0, 0.1) is 0 Å². The molecule has 0 saturated heterocycles. The summed E-state index contributed by atoms with van der Waals surface area (Å²) in [5.41, 5.74) is 6.45. The summed E-state index contributed by atoms with van der Waals surface area (Å²) in [4.78, 5) is 0. The fourth-order valence-corrected chi connectivity index (χ4v) is 1.43. The zero-order valence-corrected chi connectivity index (χ0v) is 7.29. The van der Waals surface area contributed by atoms with Crippen LogP contribution in [0.4, 0.5) is 0 Å². The van der Waals surface area contributed by atoms with E-state index in [9.17, 15) is 8.76 Å². The van der Waals surface area contributed by atoms with Gasteiger partial charge in [0, 0.05) is 11.8 Å². The van der Waals surface area contributed by atoms with Gasteiger partial charge in [0.25, 0.3) is 0 Å². The molecule has 0 aliphatic carbocycles. The lowest BCUT2D eigenvalue weighted by molar-refractivity contribution is 0.531. The normalized spacial score (nSPS) is 15.5. The topological polar surface area (TPSA) is 66.2 Å². The molecule has 0 aromatic heterocycles. The molecule has 0 bridgehead atoms. The Hall–Kier alpha value is -0.710. The first-order valence-electron chi connectivity index (χ1n) is 3.56. The van der Waals surface area contributed by atoms with Crippen LogP contribution < -0.4 is 5.73 Å². The standard InChI is InChI=1S/C8H11NO2S/c9-8(6-12(10)11)7-4-2-1-3-5-7/h1-5,8H,6,9H2,(H,10,11)/p-1. The third-order valence-corrected chi connectivity index (χ3v) is 2.17. The fraction of sp³-hybridized carbons (Fsp3) is 0.250. The van der Waals surface area contributed by atoms with E-state index >= 15 is 0 Å². The number of hydrogen-bond donors (Lipinski definition) is 1. The van der Waals surface area contributed by atoms with Gasteiger partial charge in [0.15, 0.2) is 0 Å². The van der Waals surface area contributed by atoms with Gasteiger partial charge in [-0.05, 0) is 5.56 Å². The van der Waals surface area contributed by atoms with Crippen LogP contribution in [0.15, 0.2) is 30.3 Å². The van der Waals surface area contributed by atoms with E-state index < -0.39 is 17.1 Å². The molecule has 4 heteroatoms. The molecule has 0 spiro atoms. The van der Waals surface area contributed by atoms with Crippen LogP contribution in [0.2, 0.25) is 0 Å². The van der Waals surface area contributed by atoms with Gasteiger partial charge in [-0.15, -0.1) is 0 Å². The molecule has 0 aliphatic rings. The molecule has 0 radical (unpaired) electrons. The van der Waals surface area contributed by atoms with Crippen molar-refractivity contribution in [2.45, 2.75) is 6.04 Å². The Bertz CT molecular complexity index is 263. The van der Waals surface area contributed by atoms with Crippen LogP contribution in [0.1, 0.15) is 11.6 Å². The SMILES string of the molecule is NC(CS(=O)[O-])c1ccccc1. The van der Waals surface area contributed by atoms with Crippen molar-refractivity contribution >= 4 is 11.1 Å². The monoisotopic (exact) mass is 184 g/mol. The van der Waals surface area contributed by atoms with Crippen molar-refractivity contribution in [3.05, 3.63) is 35.9 Å². The lowest BCUT2D eigenvalue weighted by atomic mass is 10.1. The highest BCUT2D eigenvalue weighted by Crippen LogP contribution is 2.09. The first kappa shape index (κ1) is 9.38. The highest BCUT2D eigenvalue weighted by atomic mass is 32.2. The van der Waals surface area contributed by atoms with Crippen LogP contribution in [0.5, 0.6) is 0 Å². The third kappa shape index (κ3) is 2.73. The Morgan fingerprint density at radius 3 is 2.50 bits per heavy atom. The Balaban J connectivity index is 2.65. The molecule has 2 unspecified atom stereocenters. The Labute approximate surface area is 73.9 Å².